The second-order valence-corrected chi connectivity index (χ2v) is 8.21. The second-order valence-electron chi connectivity index (χ2n) is 7.27. The standard InChI is InChI=1S/C23H20N4OS/c1-15-5-10-18(11-6-15)27-14-24-26-23(27)29-13-21(28)25-20-12-9-17-8-7-16-3-2-4-19(20)22(16)17/h2-6,9-12,14H,7-8,13H2,1H3,(H,25,28). The van der Waals surface area contributed by atoms with Crippen LogP contribution in [0.25, 0.3) is 16.5 Å². The Balaban J connectivity index is 1.32. The molecule has 0 spiro atoms. The van der Waals surface area contributed by atoms with Crippen LogP contribution >= 0.6 is 11.8 Å². The first kappa shape index (κ1) is 17.9. The van der Waals surface area contributed by atoms with Gasteiger partial charge in [0.15, 0.2) is 5.16 Å². The SMILES string of the molecule is Cc1ccc(-n2cnnc2SCC(=O)Nc2ccc3c4c(cccc24)CC3)cc1. The maximum absolute atomic E-state index is 12.6. The van der Waals surface area contributed by atoms with Gasteiger partial charge in [0.25, 0.3) is 0 Å². The molecule has 0 aliphatic heterocycles. The van der Waals surface area contributed by atoms with Gasteiger partial charge in [-0.25, -0.2) is 0 Å². The van der Waals surface area contributed by atoms with E-state index >= 15 is 0 Å². The minimum absolute atomic E-state index is 0.0489. The highest BCUT2D eigenvalue weighted by molar-refractivity contribution is 7.99. The minimum atomic E-state index is -0.0489. The molecule has 1 aromatic heterocycles. The van der Waals surface area contributed by atoms with Crippen molar-refractivity contribution < 1.29 is 4.79 Å². The number of hydrogen-bond acceptors (Lipinski definition) is 4. The number of benzene rings is 3. The third-order valence-corrected chi connectivity index (χ3v) is 6.26. The molecule has 4 aromatic rings. The first-order valence-corrected chi connectivity index (χ1v) is 10.6. The molecule has 5 rings (SSSR count). The number of carbonyl (C=O) groups excluding carboxylic acids is 1. The summed E-state index contributed by atoms with van der Waals surface area (Å²) < 4.78 is 1.90. The summed E-state index contributed by atoms with van der Waals surface area (Å²) in [6.45, 7) is 2.05. The van der Waals surface area contributed by atoms with Crippen molar-refractivity contribution >= 4 is 34.1 Å². The van der Waals surface area contributed by atoms with Crippen LogP contribution in [0.15, 0.2) is 66.1 Å². The van der Waals surface area contributed by atoms with Crippen molar-refractivity contribution in [3.05, 3.63) is 77.6 Å². The lowest BCUT2D eigenvalue weighted by atomic mass is 10.0. The Morgan fingerprint density at radius 1 is 1.07 bits per heavy atom. The van der Waals surface area contributed by atoms with Crippen molar-refractivity contribution in [2.45, 2.75) is 24.9 Å². The van der Waals surface area contributed by atoms with E-state index in [1.807, 2.05) is 34.9 Å². The van der Waals surface area contributed by atoms with Gasteiger partial charge in [0.2, 0.25) is 5.91 Å². The van der Waals surface area contributed by atoms with E-state index in [4.69, 9.17) is 0 Å². The number of aryl methyl sites for hydroxylation is 3. The number of nitrogens with zero attached hydrogens (tertiary/aromatic N) is 3. The monoisotopic (exact) mass is 400 g/mol. The van der Waals surface area contributed by atoms with Crippen LogP contribution in [0.3, 0.4) is 0 Å². The Morgan fingerprint density at radius 2 is 1.86 bits per heavy atom. The van der Waals surface area contributed by atoms with Crippen molar-refractivity contribution in [1.82, 2.24) is 14.8 Å². The molecule has 0 radical (unpaired) electrons. The molecule has 0 fully saturated rings. The number of carbonyl (C=O) groups is 1. The van der Waals surface area contributed by atoms with Gasteiger partial charge in [0.1, 0.15) is 6.33 Å². The fourth-order valence-electron chi connectivity index (χ4n) is 3.88. The smallest absolute Gasteiger partial charge is 0.234 e. The van der Waals surface area contributed by atoms with E-state index in [1.54, 1.807) is 6.33 Å². The summed E-state index contributed by atoms with van der Waals surface area (Å²) in [6, 6.07) is 18.6. The molecular weight excluding hydrogens is 380 g/mol. The number of hydrogen-bond donors (Lipinski definition) is 1. The molecule has 144 valence electrons. The van der Waals surface area contributed by atoms with E-state index in [0.29, 0.717) is 5.16 Å². The van der Waals surface area contributed by atoms with Gasteiger partial charge in [-0.05, 0) is 54.5 Å². The Hall–Kier alpha value is -3.12. The largest absolute Gasteiger partial charge is 0.325 e. The van der Waals surface area contributed by atoms with Crippen LogP contribution in [0.4, 0.5) is 5.69 Å². The van der Waals surface area contributed by atoms with Crippen molar-refractivity contribution in [2.75, 3.05) is 11.1 Å². The third kappa shape index (κ3) is 3.40. The summed E-state index contributed by atoms with van der Waals surface area (Å²) in [4.78, 5) is 12.6. The molecule has 3 aromatic carbocycles. The molecule has 1 aliphatic rings. The number of thioether (sulfide) groups is 1. The maximum atomic E-state index is 12.6. The third-order valence-electron chi connectivity index (χ3n) is 5.31. The van der Waals surface area contributed by atoms with Crippen molar-refractivity contribution in [3.63, 3.8) is 0 Å². The van der Waals surface area contributed by atoms with Crippen LogP contribution in [-0.2, 0) is 17.6 Å². The molecule has 1 heterocycles. The number of nitrogens with one attached hydrogen (secondary N) is 1. The normalized spacial score (nSPS) is 12.4. The molecule has 0 atom stereocenters. The van der Waals surface area contributed by atoms with E-state index in [2.05, 4.69) is 46.7 Å². The highest BCUT2D eigenvalue weighted by Crippen LogP contribution is 2.35. The Bertz CT molecular complexity index is 1200. The minimum Gasteiger partial charge on any atom is -0.325 e. The molecule has 0 bridgehead atoms. The van der Waals surface area contributed by atoms with Gasteiger partial charge >= 0.3 is 0 Å². The lowest BCUT2D eigenvalue weighted by Crippen LogP contribution is -2.15. The lowest BCUT2D eigenvalue weighted by Gasteiger charge is -2.11. The fraction of sp³-hybridized carbons (Fsp3) is 0.174. The van der Waals surface area contributed by atoms with Crippen LogP contribution < -0.4 is 5.32 Å². The van der Waals surface area contributed by atoms with Crippen LogP contribution in [-0.4, -0.2) is 26.4 Å². The summed E-state index contributed by atoms with van der Waals surface area (Å²) >= 11 is 1.38. The molecule has 1 amide bonds. The number of aromatic nitrogens is 3. The number of rotatable bonds is 5. The molecule has 0 unspecified atom stereocenters. The van der Waals surface area contributed by atoms with E-state index in [0.717, 1.165) is 29.6 Å². The van der Waals surface area contributed by atoms with Gasteiger partial charge in [0.05, 0.1) is 5.75 Å². The van der Waals surface area contributed by atoms with Crippen molar-refractivity contribution in [2.24, 2.45) is 0 Å². The Morgan fingerprint density at radius 3 is 2.69 bits per heavy atom. The van der Waals surface area contributed by atoms with Crippen LogP contribution in [0, 0.1) is 6.92 Å². The average molecular weight is 401 g/mol. The molecule has 6 heteroatoms. The van der Waals surface area contributed by atoms with Crippen LogP contribution in [0.5, 0.6) is 0 Å². The van der Waals surface area contributed by atoms with Crippen molar-refractivity contribution in [1.29, 1.82) is 0 Å². The molecule has 0 saturated heterocycles. The summed E-state index contributed by atoms with van der Waals surface area (Å²) in [5.41, 5.74) is 5.79. The molecular formula is C23H20N4OS. The zero-order chi connectivity index (χ0) is 19.8. The molecule has 1 aliphatic carbocycles. The lowest BCUT2D eigenvalue weighted by molar-refractivity contribution is -0.113. The first-order chi connectivity index (χ1) is 14.2. The van der Waals surface area contributed by atoms with Crippen molar-refractivity contribution in [3.8, 4) is 5.69 Å². The van der Waals surface area contributed by atoms with E-state index < -0.39 is 0 Å². The Labute approximate surface area is 173 Å². The average Bonchev–Trinajstić information content (AvgIpc) is 3.37. The highest BCUT2D eigenvalue weighted by atomic mass is 32.2. The van der Waals surface area contributed by atoms with E-state index in [1.165, 1.54) is 33.8 Å². The van der Waals surface area contributed by atoms with E-state index in [-0.39, 0.29) is 11.7 Å². The maximum Gasteiger partial charge on any atom is 0.234 e. The topological polar surface area (TPSA) is 59.8 Å². The van der Waals surface area contributed by atoms with Gasteiger partial charge in [0, 0.05) is 16.8 Å². The number of amides is 1. The summed E-state index contributed by atoms with van der Waals surface area (Å²) in [6.07, 6.45) is 3.83. The highest BCUT2D eigenvalue weighted by Gasteiger charge is 2.17. The van der Waals surface area contributed by atoms with Crippen LogP contribution in [0.2, 0.25) is 0 Å². The fourth-order valence-corrected chi connectivity index (χ4v) is 4.61. The van der Waals surface area contributed by atoms with Gasteiger partial charge in [-0.3, -0.25) is 9.36 Å². The zero-order valence-corrected chi connectivity index (χ0v) is 16.9. The predicted molar refractivity (Wildman–Crippen MR) is 117 cm³/mol. The zero-order valence-electron chi connectivity index (χ0n) is 16.1. The summed E-state index contributed by atoms with van der Waals surface area (Å²) in [5, 5.41) is 14.4. The van der Waals surface area contributed by atoms with Gasteiger partial charge in [-0.1, -0.05) is 53.7 Å². The quantitative estimate of drug-likeness (QED) is 0.499. The molecule has 0 saturated carbocycles. The van der Waals surface area contributed by atoms with Gasteiger partial charge < -0.3 is 5.32 Å². The first-order valence-electron chi connectivity index (χ1n) is 9.62. The number of anilines is 1. The molecule has 1 N–H and O–H groups in total. The predicted octanol–water partition coefficient (Wildman–Crippen LogP) is 4.56. The van der Waals surface area contributed by atoms with Crippen LogP contribution in [0.1, 0.15) is 16.7 Å². The molecule has 5 nitrogen and oxygen atoms in total. The van der Waals surface area contributed by atoms with E-state index in [9.17, 15) is 4.79 Å². The summed E-state index contributed by atoms with van der Waals surface area (Å²) in [7, 11) is 0. The summed E-state index contributed by atoms with van der Waals surface area (Å²) in [5.74, 6) is 0.222. The van der Waals surface area contributed by atoms with Gasteiger partial charge in [-0.2, -0.15) is 0 Å². The second kappa shape index (κ2) is 7.37. The van der Waals surface area contributed by atoms with Gasteiger partial charge in [-0.15, -0.1) is 10.2 Å². The Kier molecular flexibility index (Phi) is 4.56. The molecule has 29 heavy (non-hydrogen) atoms.